The molecule has 1 rings (SSSR count). The van der Waals surface area contributed by atoms with Crippen LogP contribution in [0.3, 0.4) is 0 Å². The van der Waals surface area contributed by atoms with Gasteiger partial charge in [0, 0.05) is 25.0 Å². The number of aromatic nitrogens is 2. The minimum absolute atomic E-state index is 0.165. The molecule has 1 aromatic heterocycles. The molecule has 0 saturated carbocycles. The van der Waals surface area contributed by atoms with E-state index < -0.39 is 6.04 Å². The third-order valence-electron chi connectivity index (χ3n) is 2.30. The first-order valence-electron chi connectivity index (χ1n) is 5.40. The fraction of sp³-hybridized carbons (Fsp3) is 0.333. The standard InChI is InChI=1S/C12H16N4O2/c1-8(2)12(18)15-11(13-4)10(9(3)17)16-7-5-6-14-16/h5-7,10H,1H2,2-4H3,(H,13,15,18). The van der Waals surface area contributed by atoms with Crippen molar-refractivity contribution in [2.24, 2.45) is 4.99 Å². The molecule has 0 aliphatic carbocycles. The molecular weight excluding hydrogens is 232 g/mol. The second-order valence-electron chi connectivity index (χ2n) is 3.84. The second kappa shape index (κ2) is 5.90. The van der Waals surface area contributed by atoms with E-state index in [1.807, 2.05) is 0 Å². The molecule has 0 spiro atoms. The predicted octanol–water partition coefficient (Wildman–Crippen LogP) is 0.734. The van der Waals surface area contributed by atoms with Crippen LogP contribution in [0.4, 0.5) is 0 Å². The van der Waals surface area contributed by atoms with E-state index in [4.69, 9.17) is 0 Å². The summed E-state index contributed by atoms with van der Waals surface area (Å²) in [5.41, 5.74) is 0.346. The van der Waals surface area contributed by atoms with Crippen molar-refractivity contribution >= 4 is 17.5 Å². The van der Waals surface area contributed by atoms with Gasteiger partial charge < -0.3 is 5.32 Å². The maximum Gasteiger partial charge on any atom is 0.251 e. The molecule has 1 heterocycles. The van der Waals surface area contributed by atoms with Crippen molar-refractivity contribution in [1.82, 2.24) is 15.1 Å². The van der Waals surface area contributed by atoms with Gasteiger partial charge in [0.05, 0.1) is 0 Å². The molecule has 0 radical (unpaired) electrons. The summed E-state index contributed by atoms with van der Waals surface area (Å²) < 4.78 is 1.45. The van der Waals surface area contributed by atoms with Gasteiger partial charge in [0.15, 0.2) is 11.8 Å². The van der Waals surface area contributed by atoms with Gasteiger partial charge in [0.25, 0.3) is 5.91 Å². The highest BCUT2D eigenvalue weighted by atomic mass is 16.2. The van der Waals surface area contributed by atoms with Crippen LogP contribution in [0.1, 0.15) is 19.9 Å². The van der Waals surface area contributed by atoms with Crippen molar-refractivity contribution in [3.05, 3.63) is 30.6 Å². The highest BCUT2D eigenvalue weighted by Crippen LogP contribution is 2.08. The van der Waals surface area contributed by atoms with Crippen LogP contribution in [-0.2, 0) is 9.59 Å². The molecule has 6 nitrogen and oxygen atoms in total. The molecule has 1 unspecified atom stereocenters. The number of amidine groups is 1. The Kier molecular flexibility index (Phi) is 4.53. The minimum atomic E-state index is -0.728. The van der Waals surface area contributed by atoms with Gasteiger partial charge in [-0.25, -0.2) is 0 Å². The van der Waals surface area contributed by atoms with Crippen LogP contribution in [0.25, 0.3) is 0 Å². The van der Waals surface area contributed by atoms with Gasteiger partial charge in [-0.15, -0.1) is 0 Å². The molecule has 0 aliphatic heterocycles. The molecular formula is C12H16N4O2. The van der Waals surface area contributed by atoms with E-state index in [1.54, 1.807) is 25.4 Å². The highest BCUT2D eigenvalue weighted by Gasteiger charge is 2.24. The fourth-order valence-corrected chi connectivity index (χ4v) is 1.41. The summed E-state index contributed by atoms with van der Waals surface area (Å²) in [6, 6.07) is 0.970. The number of hydrogen-bond donors (Lipinski definition) is 1. The third-order valence-corrected chi connectivity index (χ3v) is 2.30. The summed E-state index contributed by atoms with van der Waals surface area (Å²) in [5.74, 6) is -0.283. The van der Waals surface area contributed by atoms with E-state index in [1.165, 1.54) is 18.7 Å². The van der Waals surface area contributed by atoms with Crippen molar-refractivity contribution in [1.29, 1.82) is 0 Å². The fourth-order valence-electron chi connectivity index (χ4n) is 1.41. The average molecular weight is 248 g/mol. The summed E-state index contributed by atoms with van der Waals surface area (Å²) >= 11 is 0. The van der Waals surface area contributed by atoms with E-state index >= 15 is 0 Å². The van der Waals surface area contributed by atoms with Gasteiger partial charge in [-0.3, -0.25) is 19.3 Å². The number of nitrogens with one attached hydrogen (secondary N) is 1. The SMILES string of the molecule is C=C(C)C(=O)NC(=NC)C(C(C)=O)n1cccn1. The monoisotopic (exact) mass is 248 g/mol. The van der Waals surface area contributed by atoms with Crippen LogP contribution in [-0.4, -0.2) is 34.4 Å². The molecule has 0 aliphatic rings. The molecule has 1 amide bonds. The molecule has 1 aromatic rings. The maximum absolute atomic E-state index is 11.7. The lowest BCUT2D eigenvalue weighted by molar-refractivity contribution is -0.118. The van der Waals surface area contributed by atoms with E-state index in [-0.39, 0.29) is 17.5 Å². The quantitative estimate of drug-likeness (QED) is 0.485. The lowest BCUT2D eigenvalue weighted by Gasteiger charge is -2.17. The molecule has 0 fully saturated rings. The Morgan fingerprint density at radius 2 is 2.11 bits per heavy atom. The van der Waals surface area contributed by atoms with Crippen molar-refractivity contribution in [3.8, 4) is 0 Å². The zero-order valence-corrected chi connectivity index (χ0v) is 10.7. The predicted molar refractivity (Wildman–Crippen MR) is 68.3 cm³/mol. The zero-order chi connectivity index (χ0) is 13.7. The number of ketones is 1. The van der Waals surface area contributed by atoms with E-state index in [0.29, 0.717) is 5.57 Å². The van der Waals surface area contributed by atoms with Gasteiger partial charge in [-0.05, 0) is 19.9 Å². The minimum Gasteiger partial charge on any atom is -0.308 e. The van der Waals surface area contributed by atoms with Gasteiger partial charge in [0.1, 0.15) is 5.84 Å². The number of aliphatic imine (C=N–C) groups is 1. The Balaban J connectivity index is 3.01. The number of nitrogens with zero attached hydrogens (tertiary/aromatic N) is 3. The highest BCUT2D eigenvalue weighted by molar-refractivity contribution is 6.13. The number of hydrogen-bond acceptors (Lipinski definition) is 4. The Bertz CT molecular complexity index is 488. The molecule has 0 bridgehead atoms. The summed E-state index contributed by atoms with van der Waals surface area (Å²) in [7, 11) is 1.51. The topological polar surface area (TPSA) is 76.3 Å². The smallest absolute Gasteiger partial charge is 0.251 e. The molecule has 0 saturated heterocycles. The van der Waals surface area contributed by atoms with Crippen LogP contribution in [0.15, 0.2) is 35.6 Å². The zero-order valence-electron chi connectivity index (χ0n) is 10.7. The first-order valence-corrected chi connectivity index (χ1v) is 5.40. The summed E-state index contributed by atoms with van der Waals surface area (Å²) in [4.78, 5) is 27.2. The summed E-state index contributed by atoms with van der Waals surface area (Å²) in [5, 5.41) is 6.57. The first-order chi connectivity index (χ1) is 8.47. The Morgan fingerprint density at radius 3 is 2.50 bits per heavy atom. The maximum atomic E-state index is 11.7. The largest absolute Gasteiger partial charge is 0.308 e. The number of carbonyl (C=O) groups excluding carboxylic acids is 2. The Hall–Kier alpha value is -2.24. The van der Waals surface area contributed by atoms with Gasteiger partial charge in [-0.1, -0.05) is 6.58 Å². The summed E-state index contributed by atoms with van der Waals surface area (Å²) in [6.07, 6.45) is 3.20. The molecule has 6 heteroatoms. The lowest BCUT2D eigenvalue weighted by atomic mass is 10.1. The van der Waals surface area contributed by atoms with Crippen molar-refractivity contribution in [2.75, 3.05) is 7.05 Å². The molecule has 1 atom stereocenters. The number of rotatable bonds is 4. The second-order valence-corrected chi connectivity index (χ2v) is 3.84. The van der Waals surface area contributed by atoms with Gasteiger partial charge in [-0.2, -0.15) is 5.10 Å². The van der Waals surface area contributed by atoms with Crippen LogP contribution in [0.5, 0.6) is 0 Å². The summed E-state index contributed by atoms with van der Waals surface area (Å²) in [6.45, 7) is 6.54. The Labute approximate surface area is 105 Å². The lowest BCUT2D eigenvalue weighted by Crippen LogP contribution is -2.40. The number of Topliss-reactive ketones (excluding diaryl/α,β-unsaturated/α-hetero) is 1. The average Bonchev–Trinajstić information content (AvgIpc) is 2.80. The van der Waals surface area contributed by atoms with Crippen LogP contribution < -0.4 is 5.32 Å². The van der Waals surface area contributed by atoms with Crippen LogP contribution in [0.2, 0.25) is 0 Å². The number of amides is 1. The van der Waals surface area contributed by atoms with Gasteiger partial charge >= 0.3 is 0 Å². The van der Waals surface area contributed by atoms with Gasteiger partial charge in [0.2, 0.25) is 0 Å². The first kappa shape index (κ1) is 13.8. The van der Waals surface area contributed by atoms with E-state index in [9.17, 15) is 9.59 Å². The van der Waals surface area contributed by atoms with Crippen LogP contribution in [0, 0.1) is 0 Å². The van der Waals surface area contributed by atoms with E-state index in [2.05, 4.69) is 22.0 Å². The van der Waals surface area contributed by atoms with E-state index in [0.717, 1.165) is 0 Å². The Morgan fingerprint density at radius 1 is 1.44 bits per heavy atom. The van der Waals surface area contributed by atoms with Crippen molar-refractivity contribution < 1.29 is 9.59 Å². The normalized spacial score (nSPS) is 12.9. The third kappa shape index (κ3) is 3.13. The number of carbonyl (C=O) groups is 2. The molecule has 0 aromatic carbocycles. The molecule has 96 valence electrons. The van der Waals surface area contributed by atoms with Crippen molar-refractivity contribution in [2.45, 2.75) is 19.9 Å². The van der Waals surface area contributed by atoms with Crippen LogP contribution >= 0.6 is 0 Å². The van der Waals surface area contributed by atoms with Crippen molar-refractivity contribution in [3.63, 3.8) is 0 Å². The molecule has 18 heavy (non-hydrogen) atoms. The molecule has 1 N–H and O–H groups in total.